The lowest BCUT2D eigenvalue weighted by Crippen LogP contribution is -2.45. The highest BCUT2D eigenvalue weighted by Gasteiger charge is 2.38. The van der Waals surface area contributed by atoms with Gasteiger partial charge in [0.2, 0.25) is 5.91 Å². The molecule has 1 atom stereocenters. The van der Waals surface area contributed by atoms with Crippen LogP contribution in [0.3, 0.4) is 0 Å². The lowest BCUT2D eigenvalue weighted by atomic mass is 10.0. The monoisotopic (exact) mass is 500 g/mol. The first-order chi connectivity index (χ1) is 17.6. The zero-order chi connectivity index (χ0) is 26.9. The van der Waals surface area contributed by atoms with Crippen molar-refractivity contribution in [1.82, 2.24) is 9.80 Å². The van der Waals surface area contributed by atoms with E-state index in [4.69, 9.17) is 0 Å². The molecule has 4 amide bonds. The lowest BCUT2D eigenvalue weighted by Gasteiger charge is -2.29. The van der Waals surface area contributed by atoms with Crippen LogP contribution in [0.4, 0.5) is 11.4 Å². The van der Waals surface area contributed by atoms with Gasteiger partial charge < -0.3 is 10.2 Å². The van der Waals surface area contributed by atoms with E-state index in [-0.39, 0.29) is 22.4 Å². The minimum absolute atomic E-state index is 0.200. The molecular weight excluding hydrogens is 476 g/mol. The van der Waals surface area contributed by atoms with Crippen molar-refractivity contribution in [2.24, 2.45) is 0 Å². The highest BCUT2D eigenvalue weighted by Crippen LogP contribution is 2.28. The topological polar surface area (TPSA) is 130 Å². The van der Waals surface area contributed by atoms with Crippen LogP contribution in [0.5, 0.6) is 0 Å². The van der Waals surface area contributed by atoms with Crippen molar-refractivity contribution in [3.63, 3.8) is 0 Å². The van der Waals surface area contributed by atoms with Crippen LogP contribution in [-0.4, -0.2) is 51.9 Å². The third kappa shape index (κ3) is 4.81. The number of nitrogens with one attached hydrogen (secondary N) is 1. The van der Waals surface area contributed by atoms with E-state index < -0.39 is 41.1 Å². The summed E-state index contributed by atoms with van der Waals surface area (Å²) >= 11 is 0. The van der Waals surface area contributed by atoms with E-state index in [1.54, 1.807) is 12.1 Å². The zero-order valence-electron chi connectivity index (χ0n) is 20.4. The number of nitrogens with zero attached hydrogens (tertiary/aromatic N) is 3. The van der Waals surface area contributed by atoms with Gasteiger partial charge in [0.15, 0.2) is 0 Å². The highest BCUT2D eigenvalue weighted by atomic mass is 16.6. The summed E-state index contributed by atoms with van der Waals surface area (Å²) in [5.41, 5.74) is 2.51. The quantitative estimate of drug-likeness (QED) is 0.299. The number of amides is 4. The fraction of sp³-hybridized carbons (Fsp3) is 0.185. The number of rotatable bonds is 7. The molecule has 0 bridgehead atoms. The van der Waals surface area contributed by atoms with Gasteiger partial charge in [-0.15, -0.1) is 0 Å². The molecule has 3 aromatic carbocycles. The Labute approximate surface area is 212 Å². The average Bonchev–Trinajstić information content (AvgIpc) is 3.11. The number of aryl methyl sites for hydroxylation is 2. The molecule has 10 heteroatoms. The van der Waals surface area contributed by atoms with Crippen LogP contribution in [-0.2, 0) is 9.59 Å². The molecular formula is C27H24N4O6. The van der Waals surface area contributed by atoms with Gasteiger partial charge in [0.25, 0.3) is 23.4 Å². The molecule has 1 heterocycles. The summed E-state index contributed by atoms with van der Waals surface area (Å²) in [6, 6.07) is 15.9. The van der Waals surface area contributed by atoms with Crippen LogP contribution in [0.15, 0.2) is 66.7 Å². The maximum atomic E-state index is 13.6. The van der Waals surface area contributed by atoms with Crippen molar-refractivity contribution >= 4 is 35.0 Å². The molecule has 0 saturated carbocycles. The number of non-ortho nitro benzene ring substituents is 1. The second kappa shape index (κ2) is 10.0. The Hall–Kier alpha value is -4.86. The van der Waals surface area contributed by atoms with Crippen LogP contribution in [0.1, 0.15) is 43.4 Å². The zero-order valence-corrected chi connectivity index (χ0v) is 20.4. The van der Waals surface area contributed by atoms with Gasteiger partial charge in [0, 0.05) is 24.9 Å². The molecule has 188 valence electrons. The summed E-state index contributed by atoms with van der Waals surface area (Å²) in [6.45, 7) is 3.05. The van der Waals surface area contributed by atoms with Gasteiger partial charge in [-0.05, 0) is 42.7 Å². The van der Waals surface area contributed by atoms with E-state index in [9.17, 15) is 29.3 Å². The van der Waals surface area contributed by atoms with Crippen molar-refractivity contribution in [2.45, 2.75) is 19.9 Å². The van der Waals surface area contributed by atoms with Gasteiger partial charge in [-0.3, -0.25) is 34.2 Å². The molecule has 4 rings (SSSR count). The fourth-order valence-corrected chi connectivity index (χ4v) is 4.34. The summed E-state index contributed by atoms with van der Waals surface area (Å²) in [4.78, 5) is 65.1. The first-order valence-corrected chi connectivity index (χ1v) is 11.4. The second-order valence-corrected chi connectivity index (χ2v) is 8.76. The molecule has 0 spiro atoms. The normalized spacial score (nSPS) is 13.2. The number of para-hydroxylation sites is 1. The Morgan fingerprint density at radius 1 is 0.946 bits per heavy atom. The third-order valence-corrected chi connectivity index (χ3v) is 6.33. The maximum absolute atomic E-state index is 13.6. The van der Waals surface area contributed by atoms with Gasteiger partial charge in [-0.1, -0.05) is 42.5 Å². The van der Waals surface area contributed by atoms with Gasteiger partial charge in [-0.2, -0.15) is 0 Å². The van der Waals surface area contributed by atoms with E-state index in [0.29, 0.717) is 5.69 Å². The molecule has 0 aliphatic carbocycles. The third-order valence-electron chi connectivity index (χ3n) is 6.33. The van der Waals surface area contributed by atoms with Crippen molar-refractivity contribution in [2.75, 3.05) is 18.9 Å². The Kier molecular flexibility index (Phi) is 6.83. The first-order valence-electron chi connectivity index (χ1n) is 11.4. The maximum Gasteiger partial charge on any atom is 0.269 e. The summed E-state index contributed by atoms with van der Waals surface area (Å²) in [6.07, 6.45) is 0. The molecule has 1 aliphatic heterocycles. The number of carbonyl (C=O) groups is 4. The molecule has 0 radical (unpaired) electrons. The van der Waals surface area contributed by atoms with E-state index in [2.05, 4.69) is 5.32 Å². The molecule has 10 nitrogen and oxygen atoms in total. The number of nitro groups is 1. The minimum atomic E-state index is -1.28. The fourth-order valence-electron chi connectivity index (χ4n) is 4.34. The van der Waals surface area contributed by atoms with Gasteiger partial charge >= 0.3 is 0 Å². The van der Waals surface area contributed by atoms with Gasteiger partial charge in [0.05, 0.1) is 16.1 Å². The van der Waals surface area contributed by atoms with Crippen molar-refractivity contribution in [3.8, 4) is 0 Å². The number of benzene rings is 3. The van der Waals surface area contributed by atoms with E-state index in [0.717, 1.165) is 20.9 Å². The highest BCUT2D eigenvalue weighted by molar-refractivity contribution is 6.22. The SMILES string of the molecule is Cc1cccc(C)c1NC(=O)[C@@H](c1cccc([N+](=O)[O-])c1)N(C)C(=O)CN1C(=O)c2ccccc2C1=O. The van der Waals surface area contributed by atoms with E-state index in [1.807, 2.05) is 32.0 Å². The van der Waals surface area contributed by atoms with Crippen molar-refractivity contribution < 1.29 is 24.1 Å². The molecule has 1 aliphatic rings. The van der Waals surface area contributed by atoms with E-state index >= 15 is 0 Å². The molecule has 0 aromatic heterocycles. The van der Waals surface area contributed by atoms with Crippen LogP contribution in [0.25, 0.3) is 0 Å². The number of nitro benzene ring substituents is 1. The summed E-state index contributed by atoms with van der Waals surface area (Å²) in [7, 11) is 1.36. The number of likely N-dealkylation sites (N-methyl/N-ethyl adjacent to an activating group) is 1. The Morgan fingerprint density at radius 3 is 2.08 bits per heavy atom. The molecule has 1 N–H and O–H groups in total. The van der Waals surface area contributed by atoms with E-state index in [1.165, 1.54) is 43.4 Å². The van der Waals surface area contributed by atoms with Gasteiger partial charge in [0.1, 0.15) is 12.6 Å². The largest absolute Gasteiger partial charge is 0.328 e. The molecule has 0 fully saturated rings. The molecule has 3 aromatic rings. The lowest BCUT2D eigenvalue weighted by molar-refractivity contribution is -0.384. The van der Waals surface area contributed by atoms with Crippen molar-refractivity contribution in [3.05, 3.63) is 105 Å². The summed E-state index contributed by atoms with van der Waals surface area (Å²) in [5, 5.41) is 14.2. The molecule has 0 saturated heterocycles. The number of hydrogen-bond donors (Lipinski definition) is 1. The Balaban J connectivity index is 1.66. The van der Waals surface area contributed by atoms with Crippen LogP contribution in [0.2, 0.25) is 0 Å². The smallest absolute Gasteiger partial charge is 0.269 e. The number of fused-ring (bicyclic) bond motifs is 1. The Morgan fingerprint density at radius 2 is 1.51 bits per heavy atom. The molecule has 0 unspecified atom stereocenters. The Bertz CT molecular complexity index is 1400. The standard InChI is InChI=1S/C27H24N4O6/c1-16-8-6-9-17(2)23(16)28-25(33)24(18-10-7-11-19(14-18)31(36)37)29(3)22(32)15-30-26(34)20-12-4-5-13-21(20)27(30)35/h4-14,24H,15H2,1-3H3,(H,28,33)/t24-/m1/s1. The second-order valence-electron chi connectivity index (χ2n) is 8.76. The van der Waals surface area contributed by atoms with Crippen molar-refractivity contribution in [1.29, 1.82) is 0 Å². The summed E-state index contributed by atoms with van der Waals surface area (Å²) in [5.74, 6) is -2.50. The molecule has 37 heavy (non-hydrogen) atoms. The van der Waals surface area contributed by atoms with Crippen LogP contribution < -0.4 is 5.32 Å². The predicted molar refractivity (Wildman–Crippen MR) is 135 cm³/mol. The van der Waals surface area contributed by atoms with Crippen LogP contribution in [0, 0.1) is 24.0 Å². The number of anilines is 1. The summed E-state index contributed by atoms with van der Waals surface area (Å²) < 4.78 is 0. The van der Waals surface area contributed by atoms with Gasteiger partial charge in [-0.25, -0.2) is 0 Å². The minimum Gasteiger partial charge on any atom is -0.328 e. The number of imide groups is 1. The number of hydrogen-bond acceptors (Lipinski definition) is 6. The first kappa shape index (κ1) is 25.2. The number of carbonyl (C=O) groups excluding carboxylic acids is 4. The average molecular weight is 501 g/mol. The van der Waals surface area contributed by atoms with Crippen LogP contribution >= 0.6 is 0 Å². The predicted octanol–water partition coefficient (Wildman–Crippen LogP) is 3.65.